The van der Waals surface area contributed by atoms with Crippen LogP contribution in [0.3, 0.4) is 0 Å². The van der Waals surface area contributed by atoms with Crippen LogP contribution in [-0.4, -0.2) is 35.5 Å². The molecule has 1 heterocycles. The molecular formula is C22H26N2O2. The van der Waals surface area contributed by atoms with E-state index in [2.05, 4.69) is 11.0 Å². The molecule has 4 nitrogen and oxygen atoms in total. The van der Waals surface area contributed by atoms with Crippen molar-refractivity contribution in [2.45, 2.75) is 32.2 Å². The van der Waals surface area contributed by atoms with E-state index in [0.717, 1.165) is 36.4 Å². The van der Waals surface area contributed by atoms with Gasteiger partial charge in [-0.25, -0.2) is 0 Å². The highest BCUT2D eigenvalue weighted by atomic mass is 16.3. The number of phenols is 1. The third-order valence-electron chi connectivity index (χ3n) is 5.31. The van der Waals surface area contributed by atoms with Crippen molar-refractivity contribution < 1.29 is 9.90 Å². The second-order valence-electron chi connectivity index (χ2n) is 7.54. The maximum Gasteiger partial charge on any atom is 0.254 e. The van der Waals surface area contributed by atoms with E-state index in [-0.39, 0.29) is 11.7 Å². The van der Waals surface area contributed by atoms with Crippen LogP contribution in [-0.2, 0) is 6.54 Å². The van der Waals surface area contributed by atoms with Crippen LogP contribution in [0.5, 0.6) is 5.75 Å². The van der Waals surface area contributed by atoms with Gasteiger partial charge < -0.3 is 14.9 Å². The third kappa shape index (κ3) is 4.01. The number of phenolic OH excluding ortho intramolecular Hbond substituents is 1. The Morgan fingerprint density at radius 3 is 2.58 bits per heavy atom. The summed E-state index contributed by atoms with van der Waals surface area (Å²) in [6.45, 7) is 3.49. The molecule has 0 aromatic heterocycles. The lowest BCUT2D eigenvalue weighted by molar-refractivity contribution is 0.0734. The number of rotatable bonds is 6. The molecule has 0 radical (unpaired) electrons. The van der Waals surface area contributed by atoms with Crippen LogP contribution in [0.1, 0.15) is 41.6 Å². The van der Waals surface area contributed by atoms with Crippen LogP contribution in [0.2, 0.25) is 0 Å². The molecular weight excluding hydrogens is 324 g/mol. The highest BCUT2D eigenvalue weighted by molar-refractivity contribution is 5.95. The molecule has 4 rings (SSSR count). The van der Waals surface area contributed by atoms with Gasteiger partial charge in [0.1, 0.15) is 5.75 Å². The first kappa shape index (κ1) is 17.0. The maximum atomic E-state index is 13.2. The number of amides is 1. The Hall–Kier alpha value is -2.49. The number of aromatic hydroxyl groups is 1. The van der Waals surface area contributed by atoms with Gasteiger partial charge in [-0.1, -0.05) is 18.2 Å². The minimum atomic E-state index is 0.0845. The second kappa shape index (κ2) is 7.40. The molecule has 1 N–H and O–H groups in total. The van der Waals surface area contributed by atoms with Crippen LogP contribution in [0.4, 0.5) is 5.69 Å². The predicted molar refractivity (Wildman–Crippen MR) is 103 cm³/mol. The minimum Gasteiger partial charge on any atom is -0.508 e. The molecule has 4 heteroatoms. The van der Waals surface area contributed by atoms with E-state index in [1.54, 1.807) is 12.1 Å². The Kier molecular flexibility index (Phi) is 4.83. The molecule has 0 bridgehead atoms. The molecule has 2 aliphatic rings. The summed E-state index contributed by atoms with van der Waals surface area (Å²) < 4.78 is 0. The molecule has 1 aliphatic heterocycles. The van der Waals surface area contributed by atoms with Gasteiger partial charge in [0.2, 0.25) is 0 Å². The number of anilines is 1. The first-order chi connectivity index (χ1) is 12.7. The monoisotopic (exact) mass is 350 g/mol. The smallest absolute Gasteiger partial charge is 0.254 e. The van der Waals surface area contributed by atoms with Gasteiger partial charge >= 0.3 is 0 Å². The van der Waals surface area contributed by atoms with Crippen molar-refractivity contribution in [1.82, 2.24) is 4.90 Å². The molecule has 1 saturated heterocycles. The Bertz CT molecular complexity index is 779. The fraction of sp³-hybridized carbons (Fsp3) is 0.409. The van der Waals surface area contributed by atoms with Gasteiger partial charge in [0.25, 0.3) is 5.91 Å². The molecule has 0 spiro atoms. The van der Waals surface area contributed by atoms with Gasteiger partial charge in [-0.05, 0) is 67.5 Å². The lowest BCUT2D eigenvalue weighted by atomic mass is 10.1. The van der Waals surface area contributed by atoms with E-state index < -0.39 is 0 Å². The topological polar surface area (TPSA) is 43.8 Å². The fourth-order valence-electron chi connectivity index (χ4n) is 3.70. The Morgan fingerprint density at radius 1 is 1.08 bits per heavy atom. The Morgan fingerprint density at radius 2 is 1.85 bits per heavy atom. The van der Waals surface area contributed by atoms with Gasteiger partial charge in [0.05, 0.1) is 0 Å². The highest BCUT2D eigenvalue weighted by Crippen LogP contribution is 2.31. The van der Waals surface area contributed by atoms with Gasteiger partial charge in [0, 0.05) is 37.4 Å². The first-order valence-corrected chi connectivity index (χ1v) is 9.61. The Labute approximate surface area is 155 Å². The number of hydrogen-bond acceptors (Lipinski definition) is 3. The van der Waals surface area contributed by atoms with Crippen molar-refractivity contribution in [1.29, 1.82) is 0 Å². The molecule has 2 aromatic carbocycles. The van der Waals surface area contributed by atoms with Gasteiger partial charge in [-0.2, -0.15) is 0 Å². The summed E-state index contributed by atoms with van der Waals surface area (Å²) in [5, 5.41) is 9.72. The van der Waals surface area contributed by atoms with Crippen molar-refractivity contribution in [3.8, 4) is 5.75 Å². The van der Waals surface area contributed by atoms with E-state index in [4.69, 9.17) is 0 Å². The lowest BCUT2D eigenvalue weighted by Gasteiger charge is -2.24. The van der Waals surface area contributed by atoms with E-state index in [1.165, 1.54) is 25.7 Å². The first-order valence-electron chi connectivity index (χ1n) is 9.61. The number of hydrogen-bond donors (Lipinski definition) is 1. The zero-order valence-electron chi connectivity index (χ0n) is 15.1. The summed E-state index contributed by atoms with van der Waals surface area (Å²) in [5.74, 6) is 0.955. The molecule has 2 fully saturated rings. The predicted octanol–water partition coefficient (Wildman–Crippen LogP) is 4.04. The van der Waals surface area contributed by atoms with Crippen LogP contribution in [0, 0.1) is 5.92 Å². The van der Waals surface area contributed by atoms with Crippen molar-refractivity contribution >= 4 is 11.6 Å². The number of benzene rings is 2. The number of carbonyl (C=O) groups is 1. The Balaban J connectivity index is 1.54. The average molecular weight is 350 g/mol. The highest BCUT2D eigenvalue weighted by Gasteiger charge is 2.27. The maximum absolute atomic E-state index is 13.2. The SMILES string of the molecule is O=C(c1cccc(N2CCCC2)c1)N(Cc1cccc(O)c1)CC1CC1. The molecule has 0 unspecified atom stereocenters. The quantitative estimate of drug-likeness (QED) is 0.855. The number of nitrogens with zero attached hydrogens (tertiary/aromatic N) is 2. The summed E-state index contributed by atoms with van der Waals surface area (Å²) in [5.41, 5.74) is 2.88. The van der Waals surface area contributed by atoms with Crippen molar-refractivity contribution in [3.63, 3.8) is 0 Å². The summed E-state index contributed by atoms with van der Waals surface area (Å²) in [4.78, 5) is 17.5. The summed E-state index contributed by atoms with van der Waals surface area (Å²) in [7, 11) is 0. The number of carbonyl (C=O) groups excluding carboxylic acids is 1. The summed E-state index contributed by atoms with van der Waals surface area (Å²) >= 11 is 0. The van der Waals surface area contributed by atoms with Crippen LogP contribution >= 0.6 is 0 Å². The van der Waals surface area contributed by atoms with Gasteiger partial charge in [-0.15, -0.1) is 0 Å². The summed E-state index contributed by atoms with van der Waals surface area (Å²) in [6, 6.07) is 15.3. The average Bonchev–Trinajstić information content (AvgIpc) is 3.30. The summed E-state index contributed by atoms with van der Waals surface area (Å²) in [6.07, 6.45) is 4.86. The largest absolute Gasteiger partial charge is 0.508 e. The van der Waals surface area contributed by atoms with Crippen LogP contribution < -0.4 is 4.90 Å². The zero-order valence-corrected chi connectivity index (χ0v) is 15.1. The van der Waals surface area contributed by atoms with Crippen molar-refractivity contribution in [3.05, 3.63) is 59.7 Å². The van der Waals surface area contributed by atoms with Crippen molar-refractivity contribution in [2.24, 2.45) is 5.92 Å². The molecule has 1 aliphatic carbocycles. The van der Waals surface area contributed by atoms with E-state index in [0.29, 0.717) is 12.5 Å². The standard InChI is InChI=1S/C22H26N2O2/c25-21-8-3-5-18(13-21)16-24(15-17-9-10-17)22(26)19-6-4-7-20(14-19)23-11-1-2-12-23/h3-8,13-14,17,25H,1-2,9-12,15-16H2. The minimum absolute atomic E-state index is 0.0845. The molecule has 1 saturated carbocycles. The van der Waals surface area contributed by atoms with Gasteiger partial charge in [-0.3, -0.25) is 4.79 Å². The molecule has 1 amide bonds. The normalized spacial score (nSPS) is 16.7. The van der Waals surface area contributed by atoms with Crippen LogP contribution in [0.25, 0.3) is 0 Å². The van der Waals surface area contributed by atoms with Crippen molar-refractivity contribution in [2.75, 3.05) is 24.5 Å². The van der Waals surface area contributed by atoms with Crippen LogP contribution in [0.15, 0.2) is 48.5 Å². The zero-order chi connectivity index (χ0) is 17.9. The lowest BCUT2D eigenvalue weighted by Crippen LogP contribution is -2.32. The van der Waals surface area contributed by atoms with Gasteiger partial charge in [0.15, 0.2) is 0 Å². The third-order valence-corrected chi connectivity index (χ3v) is 5.31. The molecule has 26 heavy (non-hydrogen) atoms. The van der Waals surface area contributed by atoms with E-state index in [1.807, 2.05) is 35.2 Å². The molecule has 0 atom stereocenters. The van der Waals surface area contributed by atoms with E-state index in [9.17, 15) is 9.90 Å². The molecule has 136 valence electrons. The molecule has 2 aromatic rings. The fourth-order valence-corrected chi connectivity index (χ4v) is 3.70. The second-order valence-corrected chi connectivity index (χ2v) is 7.54. The van der Waals surface area contributed by atoms with E-state index >= 15 is 0 Å².